The summed E-state index contributed by atoms with van der Waals surface area (Å²) in [4.78, 5) is 0.354. The van der Waals surface area contributed by atoms with Gasteiger partial charge in [0.1, 0.15) is 0 Å². The molecule has 2 N–H and O–H groups in total. The first-order valence-corrected chi connectivity index (χ1v) is 7.29. The molecule has 0 aliphatic heterocycles. The van der Waals surface area contributed by atoms with Crippen LogP contribution in [0.4, 0.5) is 0 Å². The van der Waals surface area contributed by atoms with Gasteiger partial charge in [0.2, 0.25) is 10.0 Å². The van der Waals surface area contributed by atoms with Crippen molar-refractivity contribution in [3.05, 3.63) is 29.8 Å². The molecule has 0 aliphatic rings. The summed E-state index contributed by atoms with van der Waals surface area (Å²) in [5, 5.41) is 0. The maximum absolute atomic E-state index is 12.2. The predicted octanol–water partition coefficient (Wildman–Crippen LogP) is 1.22. The second kappa shape index (κ2) is 6.14. The average Bonchev–Trinajstić information content (AvgIpc) is 2.31. The fourth-order valence-corrected chi connectivity index (χ4v) is 3.27. The SMILES string of the molecule is CCN(CC)S(=O)(=O)c1cccc(CCN)c1. The Morgan fingerprint density at radius 1 is 1.24 bits per heavy atom. The van der Waals surface area contributed by atoms with Gasteiger partial charge in [-0.15, -0.1) is 0 Å². The van der Waals surface area contributed by atoms with Gasteiger partial charge in [-0.1, -0.05) is 26.0 Å². The molecule has 4 nitrogen and oxygen atoms in total. The largest absolute Gasteiger partial charge is 0.330 e. The Morgan fingerprint density at radius 3 is 2.41 bits per heavy atom. The van der Waals surface area contributed by atoms with Crippen molar-refractivity contribution in [2.24, 2.45) is 5.73 Å². The fourth-order valence-electron chi connectivity index (χ4n) is 1.74. The van der Waals surface area contributed by atoms with Crippen molar-refractivity contribution in [1.29, 1.82) is 0 Å². The number of nitrogens with zero attached hydrogens (tertiary/aromatic N) is 1. The van der Waals surface area contributed by atoms with Crippen LogP contribution in [0.5, 0.6) is 0 Å². The molecule has 5 heteroatoms. The lowest BCUT2D eigenvalue weighted by atomic mass is 10.2. The lowest BCUT2D eigenvalue weighted by Gasteiger charge is -2.18. The molecule has 0 fully saturated rings. The minimum absolute atomic E-state index is 0.354. The number of hydrogen-bond acceptors (Lipinski definition) is 3. The summed E-state index contributed by atoms with van der Waals surface area (Å²) < 4.78 is 25.9. The van der Waals surface area contributed by atoms with Crippen LogP contribution in [0.1, 0.15) is 19.4 Å². The molecular formula is C12H20N2O2S. The highest BCUT2D eigenvalue weighted by Gasteiger charge is 2.21. The van der Waals surface area contributed by atoms with E-state index in [1.54, 1.807) is 18.2 Å². The zero-order valence-electron chi connectivity index (χ0n) is 10.4. The third-order valence-electron chi connectivity index (χ3n) is 2.67. The molecule has 1 rings (SSSR count). The molecule has 0 amide bonds. The summed E-state index contributed by atoms with van der Waals surface area (Å²) in [5.74, 6) is 0. The third-order valence-corrected chi connectivity index (χ3v) is 4.72. The molecule has 0 bridgehead atoms. The zero-order chi connectivity index (χ0) is 12.9. The molecule has 0 saturated carbocycles. The highest BCUT2D eigenvalue weighted by molar-refractivity contribution is 7.89. The van der Waals surface area contributed by atoms with Gasteiger partial charge < -0.3 is 5.73 Å². The van der Waals surface area contributed by atoms with E-state index in [9.17, 15) is 8.42 Å². The molecule has 0 aliphatic carbocycles. The van der Waals surface area contributed by atoms with Gasteiger partial charge in [0, 0.05) is 13.1 Å². The third kappa shape index (κ3) is 3.28. The van der Waals surface area contributed by atoms with E-state index in [2.05, 4.69) is 0 Å². The van der Waals surface area contributed by atoms with Crippen molar-refractivity contribution >= 4 is 10.0 Å². The highest BCUT2D eigenvalue weighted by atomic mass is 32.2. The summed E-state index contributed by atoms with van der Waals surface area (Å²) in [5.41, 5.74) is 6.43. The van der Waals surface area contributed by atoms with Gasteiger partial charge in [-0.3, -0.25) is 0 Å². The average molecular weight is 256 g/mol. The molecule has 1 aromatic carbocycles. The van der Waals surface area contributed by atoms with E-state index >= 15 is 0 Å². The Morgan fingerprint density at radius 2 is 1.88 bits per heavy atom. The summed E-state index contributed by atoms with van der Waals surface area (Å²) in [6, 6.07) is 7.00. The van der Waals surface area contributed by atoms with E-state index in [-0.39, 0.29) is 0 Å². The molecular weight excluding hydrogens is 236 g/mol. The van der Waals surface area contributed by atoms with Crippen LogP contribution in [0.15, 0.2) is 29.2 Å². The maximum atomic E-state index is 12.2. The van der Waals surface area contributed by atoms with Crippen LogP contribution in [0.3, 0.4) is 0 Å². The normalized spacial score (nSPS) is 12.0. The number of hydrogen-bond donors (Lipinski definition) is 1. The van der Waals surface area contributed by atoms with Gasteiger partial charge in [-0.05, 0) is 30.7 Å². The van der Waals surface area contributed by atoms with Gasteiger partial charge in [-0.2, -0.15) is 4.31 Å². The van der Waals surface area contributed by atoms with Gasteiger partial charge in [-0.25, -0.2) is 8.42 Å². The summed E-state index contributed by atoms with van der Waals surface area (Å²) in [7, 11) is -3.35. The number of benzene rings is 1. The molecule has 0 heterocycles. The van der Waals surface area contributed by atoms with E-state index in [1.807, 2.05) is 19.9 Å². The van der Waals surface area contributed by atoms with Crippen LogP contribution in [0, 0.1) is 0 Å². The van der Waals surface area contributed by atoms with E-state index < -0.39 is 10.0 Å². The Labute approximate surface area is 103 Å². The maximum Gasteiger partial charge on any atom is 0.243 e. The standard InChI is InChI=1S/C12H20N2O2S/c1-3-14(4-2)17(15,16)12-7-5-6-11(10-12)8-9-13/h5-7,10H,3-4,8-9,13H2,1-2H3. The van der Waals surface area contributed by atoms with E-state index in [0.29, 0.717) is 31.0 Å². The van der Waals surface area contributed by atoms with Crippen molar-refractivity contribution in [2.75, 3.05) is 19.6 Å². The molecule has 0 aromatic heterocycles. The summed E-state index contributed by atoms with van der Waals surface area (Å²) >= 11 is 0. The van der Waals surface area contributed by atoms with Crippen LogP contribution < -0.4 is 5.73 Å². The lowest BCUT2D eigenvalue weighted by molar-refractivity contribution is 0.445. The van der Waals surface area contributed by atoms with Crippen LogP contribution in [-0.4, -0.2) is 32.4 Å². The second-order valence-electron chi connectivity index (χ2n) is 3.78. The molecule has 17 heavy (non-hydrogen) atoms. The highest BCUT2D eigenvalue weighted by Crippen LogP contribution is 2.16. The summed E-state index contributed by atoms with van der Waals surface area (Å²) in [6.07, 6.45) is 0.696. The van der Waals surface area contributed by atoms with Gasteiger partial charge in [0.15, 0.2) is 0 Å². The van der Waals surface area contributed by atoms with Crippen LogP contribution in [-0.2, 0) is 16.4 Å². The van der Waals surface area contributed by atoms with E-state index in [1.165, 1.54) is 4.31 Å². The Hall–Kier alpha value is -0.910. The number of nitrogens with two attached hydrogens (primary N) is 1. The van der Waals surface area contributed by atoms with Crippen molar-refractivity contribution < 1.29 is 8.42 Å². The molecule has 1 aromatic rings. The Kier molecular flexibility index (Phi) is 5.11. The number of rotatable bonds is 6. The van der Waals surface area contributed by atoms with Crippen molar-refractivity contribution in [1.82, 2.24) is 4.31 Å². The molecule has 0 atom stereocenters. The van der Waals surface area contributed by atoms with Crippen LogP contribution in [0.25, 0.3) is 0 Å². The van der Waals surface area contributed by atoms with Crippen molar-refractivity contribution in [2.45, 2.75) is 25.2 Å². The summed E-state index contributed by atoms with van der Waals surface area (Å²) in [6.45, 7) is 5.17. The van der Waals surface area contributed by atoms with Crippen LogP contribution in [0.2, 0.25) is 0 Å². The first kappa shape index (κ1) is 14.2. The van der Waals surface area contributed by atoms with E-state index in [0.717, 1.165) is 5.56 Å². The zero-order valence-corrected chi connectivity index (χ0v) is 11.2. The molecule has 0 saturated heterocycles. The van der Waals surface area contributed by atoms with Gasteiger partial charge in [0.05, 0.1) is 4.90 Å². The van der Waals surface area contributed by atoms with Crippen molar-refractivity contribution in [3.63, 3.8) is 0 Å². The van der Waals surface area contributed by atoms with Gasteiger partial charge in [0.25, 0.3) is 0 Å². The monoisotopic (exact) mass is 256 g/mol. The minimum Gasteiger partial charge on any atom is -0.330 e. The smallest absolute Gasteiger partial charge is 0.243 e. The van der Waals surface area contributed by atoms with Crippen LogP contribution >= 0.6 is 0 Å². The van der Waals surface area contributed by atoms with Crippen molar-refractivity contribution in [3.8, 4) is 0 Å². The Balaban J connectivity index is 3.10. The molecule has 96 valence electrons. The minimum atomic E-state index is -3.35. The quantitative estimate of drug-likeness (QED) is 0.832. The fraction of sp³-hybridized carbons (Fsp3) is 0.500. The first-order chi connectivity index (χ1) is 8.06. The first-order valence-electron chi connectivity index (χ1n) is 5.85. The lowest BCUT2D eigenvalue weighted by Crippen LogP contribution is -2.30. The Bertz CT molecular complexity index is 453. The number of sulfonamides is 1. The molecule has 0 radical (unpaired) electrons. The topological polar surface area (TPSA) is 63.4 Å². The molecule has 0 unspecified atom stereocenters. The van der Waals surface area contributed by atoms with Gasteiger partial charge >= 0.3 is 0 Å². The van der Waals surface area contributed by atoms with E-state index in [4.69, 9.17) is 5.73 Å². The molecule has 0 spiro atoms. The predicted molar refractivity (Wildman–Crippen MR) is 69.3 cm³/mol. The second-order valence-corrected chi connectivity index (χ2v) is 5.71.